The van der Waals surface area contributed by atoms with Crippen molar-refractivity contribution in [2.24, 2.45) is 5.73 Å². The summed E-state index contributed by atoms with van der Waals surface area (Å²) in [5.74, 6) is 3.94. The molecule has 0 aromatic carbocycles. The van der Waals surface area contributed by atoms with Crippen LogP contribution in [0.5, 0.6) is 5.75 Å². The van der Waals surface area contributed by atoms with Crippen LogP contribution in [-0.4, -0.2) is 66.5 Å². The third kappa shape index (κ3) is 6.33. The molecule has 0 saturated carbocycles. The Morgan fingerprint density at radius 2 is 2.06 bits per heavy atom. The van der Waals surface area contributed by atoms with Crippen LogP contribution >= 0.6 is 0 Å². The maximum atomic E-state index is 10.6. The largest absolute Gasteiger partial charge is 0.490 e. The molecule has 6 N–H and O–H groups in total. The molecule has 0 spiro atoms. The van der Waals surface area contributed by atoms with Gasteiger partial charge < -0.3 is 31.0 Å². The van der Waals surface area contributed by atoms with Crippen molar-refractivity contribution in [1.29, 1.82) is 0 Å². The van der Waals surface area contributed by atoms with E-state index in [1.54, 1.807) is 13.1 Å². The summed E-state index contributed by atoms with van der Waals surface area (Å²) >= 11 is 0. The predicted molar refractivity (Wildman–Crippen MR) is 112 cm³/mol. The molecule has 0 radical (unpaired) electrons. The molecule has 0 aliphatic rings. The van der Waals surface area contributed by atoms with Gasteiger partial charge in [0.2, 0.25) is 0 Å². The Labute approximate surface area is 190 Å². The average Bonchev–Trinajstić information content (AvgIpc) is 3.35. The highest BCUT2D eigenvalue weighted by Gasteiger charge is 2.38. The summed E-state index contributed by atoms with van der Waals surface area (Å²) in [5.41, 5.74) is 13.4. The van der Waals surface area contributed by atoms with Crippen molar-refractivity contribution >= 4 is 22.8 Å². The Morgan fingerprint density at radius 1 is 1.38 bits per heavy atom. The lowest BCUT2D eigenvalue weighted by atomic mass is 10.2. The first kappa shape index (κ1) is 26.4. The van der Waals surface area contributed by atoms with Gasteiger partial charge in [0.1, 0.15) is 22.8 Å². The minimum atomic E-state index is -5.08. The number of ether oxygens (including phenoxy) is 1. The van der Waals surface area contributed by atoms with E-state index in [0.29, 0.717) is 60.1 Å². The summed E-state index contributed by atoms with van der Waals surface area (Å²) in [4.78, 5) is 17.9. The van der Waals surface area contributed by atoms with Gasteiger partial charge in [-0.15, -0.1) is 0 Å². The number of pyridine rings is 1. The van der Waals surface area contributed by atoms with E-state index in [2.05, 4.69) is 32.1 Å². The summed E-state index contributed by atoms with van der Waals surface area (Å²) in [5, 5.41) is 24.1. The number of rotatable bonds is 6. The molecule has 0 bridgehead atoms. The van der Waals surface area contributed by atoms with E-state index in [0.717, 1.165) is 0 Å². The zero-order valence-corrected chi connectivity index (χ0v) is 18.1. The van der Waals surface area contributed by atoms with Gasteiger partial charge in [0, 0.05) is 6.54 Å². The van der Waals surface area contributed by atoms with Gasteiger partial charge in [0.25, 0.3) is 0 Å². The second-order valence-electron chi connectivity index (χ2n) is 6.58. The number of hydrogen-bond acceptors (Lipinski definition) is 10. The number of aromatic nitrogens is 5. The Kier molecular flexibility index (Phi) is 8.76. The highest BCUT2D eigenvalue weighted by atomic mass is 19.4. The van der Waals surface area contributed by atoms with Crippen molar-refractivity contribution in [3.63, 3.8) is 0 Å². The Balaban J connectivity index is 0.000000509. The first-order valence-corrected chi connectivity index (χ1v) is 9.81. The van der Waals surface area contributed by atoms with E-state index >= 15 is 0 Å². The number of carbonyl (C=O) groups is 1. The molecule has 15 heteroatoms. The van der Waals surface area contributed by atoms with Gasteiger partial charge in [-0.2, -0.15) is 13.2 Å². The fraction of sp³-hybridized carbons (Fsp3) is 0.421. The first-order valence-electron chi connectivity index (χ1n) is 9.81. The second kappa shape index (κ2) is 11.3. The summed E-state index contributed by atoms with van der Waals surface area (Å²) in [7, 11) is 0. The molecule has 3 heterocycles. The van der Waals surface area contributed by atoms with Crippen LogP contribution in [0.15, 0.2) is 10.8 Å². The first-order chi connectivity index (χ1) is 16.0. The smallest absolute Gasteiger partial charge is 0.490 e. The van der Waals surface area contributed by atoms with E-state index in [-0.39, 0.29) is 5.82 Å². The van der Waals surface area contributed by atoms with Crippen molar-refractivity contribution in [3.8, 4) is 29.1 Å². The molecule has 0 aliphatic carbocycles. The quantitative estimate of drug-likeness (QED) is 0.290. The lowest BCUT2D eigenvalue weighted by Gasteiger charge is -2.10. The number of aliphatic hydroxyl groups excluding tert-OH is 1. The van der Waals surface area contributed by atoms with Crippen molar-refractivity contribution in [1.82, 2.24) is 24.8 Å². The minimum absolute atomic E-state index is 0.134. The number of carboxylic acids is 1. The van der Waals surface area contributed by atoms with Crippen LogP contribution in [-0.2, 0) is 11.3 Å². The molecule has 0 aliphatic heterocycles. The third-order valence-corrected chi connectivity index (χ3v) is 4.03. The number of nitrogens with two attached hydrogens (primary N) is 2. The average molecular weight is 485 g/mol. The SMILES string of the molecule is CCn1c(-c2nonc2N)nc2c(C#CC(C)O)ncc(OCCCN)c21.O=C(O)C(F)(F)F. The zero-order valence-electron chi connectivity index (χ0n) is 18.1. The maximum absolute atomic E-state index is 10.6. The lowest BCUT2D eigenvalue weighted by molar-refractivity contribution is -0.192. The van der Waals surface area contributed by atoms with Crippen molar-refractivity contribution in [2.45, 2.75) is 39.1 Å². The molecular weight excluding hydrogens is 463 g/mol. The Hall–Kier alpha value is -3.90. The van der Waals surface area contributed by atoms with Gasteiger partial charge in [-0.05, 0) is 43.0 Å². The highest BCUT2D eigenvalue weighted by molar-refractivity contribution is 5.89. The molecule has 0 amide bonds. The van der Waals surface area contributed by atoms with Crippen LogP contribution in [0.4, 0.5) is 19.0 Å². The molecular formula is C19H22F3N7O5. The lowest BCUT2D eigenvalue weighted by Crippen LogP contribution is -2.21. The second-order valence-corrected chi connectivity index (χ2v) is 6.58. The number of aryl methyl sites for hydroxylation is 1. The Bertz CT molecular complexity index is 1190. The molecule has 3 rings (SSSR count). The van der Waals surface area contributed by atoms with Gasteiger partial charge in [0.15, 0.2) is 23.1 Å². The number of alkyl halides is 3. The van der Waals surface area contributed by atoms with E-state index in [1.807, 2.05) is 11.5 Å². The molecule has 3 aromatic heterocycles. The van der Waals surface area contributed by atoms with Gasteiger partial charge >= 0.3 is 12.1 Å². The highest BCUT2D eigenvalue weighted by Crippen LogP contribution is 2.33. The fourth-order valence-electron chi connectivity index (χ4n) is 2.59. The van der Waals surface area contributed by atoms with Crippen LogP contribution in [0.3, 0.4) is 0 Å². The van der Waals surface area contributed by atoms with Gasteiger partial charge in [-0.1, -0.05) is 5.92 Å². The summed E-state index contributed by atoms with van der Waals surface area (Å²) in [6.45, 7) is 5.07. The number of fused-ring (bicyclic) bond motifs is 1. The number of halogens is 3. The molecule has 12 nitrogen and oxygen atoms in total. The number of hydrogen-bond donors (Lipinski definition) is 4. The van der Waals surface area contributed by atoms with Gasteiger partial charge in [-0.3, -0.25) is 0 Å². The number of aliphatic carboxylic acids is 1. The van der Waals surface area contributed by atoms with E-state index in [9.17, 15) is 18.3 Å². The predicted octanol–water partition coefficient (Wildman–Crippen LogP) is 1.18. The van der Waals surface area contributed by atoms with Crippen LogP contribution < -0.4 is 16.2 Å². The molecule has 0 fully saturated rings. The minimum Gasteiger partial charge on any atom is -0.490 e. The van der Waals surface area contributed by atoms with E-state index in [4.69, 9.17) is 30.7 Å². The van der Waals surface area contributed by atoms with Crippen LogP contribution in [0.1, 0.15) is 26.0 Å². The third-order valence-electron chi connectivity index (χ3n) is 4.03. The summed E-state index contributed by atoms with van der Waals surface area (Å²) in [6, 6.07) is 0. The van der Waals surface area contributed by atoms with Gasteiger partial charge in [0.05, 0.1) is 12.8 Å². The number of nitrogens with zero attached hydrogens (tertiary/aromatic N) is 5. The molecule has 34 heavy (non-hydrogen) atoms. The zero-order chi connectivity index (χ0) is 25.5. The van der Waals surface area contributed by atoms with E-state index < -0.39 is 18.2 Å². The number of anilines is 1. The van der Waals surface area contributed by atoms with Crippen molar-refractivity contribution in [3.05, 3.63) is 11.9 Å². The number of carboxylic acid groups (broad SMARTS) is 1. The number of aliphatic hydroxyl groups is 1. The standard InChI is InChI=1S/C17H21N7O3.C2HF3O2/c1-3-24-15-12(26-8-4-7-18)9-20-11(6-5-10(2)25)13(15)21-17(24)14-16(19)23-27-22-14;3-2(4,5)1(6)7/h9-10,25H,3-4,7-8,18H2,1-2H3,(H2,19,23);(H,6,7). The number of imidazole rings is 1. The van der Waals surface area contributed by atoms with Crippen molar-refractivity contribution in [2.75, 3.05) is 18.9 Å². The van der Waals surface area contributed by atoms with Crippen LogP contribution in [0.25, 0.3) is 22.6 Å². The van der Waals surface area contributed by atoms with Crippen LogP contribution in [0, 0.1) is 11.8 Å². The maximum Gasteiger partial charge on any atom is 0.490 e. The normalized spacial score (nSPS) is 11.9. The molecule has 184 valence electrons. The number of nitrogen functional groups attached to an aromatic ring is 1. The van der Waals surface area contributed by atoms with Crippen molar-refractivity contribution < 1.29 is 37.5 Å². The monoisotopic (exact) mass is 485 g/mol. The Morgan fingerprint density at radius 3 is 2.56 bits per heavy atom. The topological polar surface area (TPSA) is 188 Å². The van der Waals surface area contributed by atoms with Crippen LogP contribution in [0.2, 0.25) is 0 Å². The van der Waals surface area contributed by atoms with Gasteiger partial charge in [-0.25, -0.2) is 19.4 Å². The fourth-order valence-corrected chi connectivity index (χ4v) is 2.59. The summed E-state index contributed by atoms with van der Waals surface area (Å²) in [6.07, 6.45) is -3.57. The van der Waals surface area contributed by atoms with E-state index in [1.165, 1.54) is 0 Å². The molecule has 3 aromatic rings. The summed E-state index contributed by atoms with van der Waals surface area (Å²) < 4.78 is 44.2. The molecule has 0 saturated heterocycles. The molecule has 1 unspecified atom stereocenters. The molecule has 1 atom stereocenters.